The smallest absolute Gasteiger partial charge is 0.146 e. The van der Waals surface area contributed by atoms with Crippen molar-refractivity contribution in [3.8, 4) is 0 Å². The molecule has 0 saturated heterocycles. The van der Waals surface area contributed by atoms with Gasteiger partial charge in [-0.15, -0.1) is 0 Å². The fraction of sp³-hybridized carbons (Fsp3) is 0. The van der Waals surface area contributed by atoms with E-state index >= 15 is 0 Å². The first-order valence-electron chi connectivity index (χ1n) is 5.36. The van der Waals surface area contributed by atoms with Crippen molar-refractivity contribution in [2.45, 2.75) is 0 Å². The molecule has 0 saturated carbocycles. The van der Waals surface area contributed by atoms with Gasteiger partial charge in [-0.25, -0.2) is 4.98 Å². The molecule has 0 fully saturated rings. The van der Waals surface area contributed by atoms with Gasteiger partial charge in [0.25, 0.3) is 0 Å². The van der Waals surface area contributed by atoms with Crippen molar-refractivity contribution in [1.29, 1.82) is 0 Å². The summed E-state index contributed by atoms with van der Waals surface area (Å²) in [5.41, 5.74) is 10.2. The van der Waals surface area contributed by atoms with E-state index in [-0.39, 0.29) is 0 Å². The zero-order valence-corrected chi connectivity index (χ0v) is 10.4. The van der Waals surface area contributed by atoms with Crippen LogP contribution in [-0.2, 0) is 0 Å². The molecule has 0 bridgehead atoms. The summed E-state index contributed by atoms with van der Waals surface area (Å²) in [4.78, 5) is 4.48. The van der Waals surface area contributed by atoms with Gasteiger partial charge in [-0.3, -0.25) is 5.43 Å². The fourth-order valence-corrected chi connectivity index (χ4v) is 1.47. The zero-order valence-electron chi connectivity index (χ0n) is 9.58. The average Bonchev–Trinajstić information content (AvgIpc) is 2.40. The Balaban J connectivity index is 1.99. The van der Waals surface area contributed by atoms with E-state index < -0.39 is 0 Å². The Morgan fingerprint density at radius 2 is 2.00 bits per heavy atom. The lowest BCUT2D eigenvalue weighted by molar-refractivity contribution is 1.23. The van der Waals surface area contributed by atoms with Gasteiger partial charge < -0.3 is 5.73 Å². The highest BCUT2D eigenvalue weighted by atomic mass is 32.1. The quantitative estimate of drug-likeness (QED) is 0.500. The van der Waals surface area contributed by atoms with Crippen LogP contribution in [0.25, 0.3) is 0 Å². The Morgan fingerprint density at radius 3 is 2.61 bits per heavy atom. The van der Waals surface area contributed by atoms with Crippen LogP contribution in [0.5, 0.6) is 0 Å². The number of hydrogen-bond acceptors (Lipinski definition) is 4. The summed E-state index contributed by atoms with van der Waals surface area (Å²) in [6, 6.07) is 13.1. The van der Waals surface area contributed by atoms with Crippen molar-refractivity contribution in [3.05, 3.63) is 59.8 Å². The van der Waals surface area contributed by atoms with Crippen LogP contribution in [-0.4, -0.2) is 16.2 Å². The molecular weight excluding hydrogens is 244 g/mol. The number of benzene rings is 1. The summed E-state index contributed by atoms with van der Waals surface area (Å²) in [6.45, 7) is 0. The van der Waals surface area contributed by atoms with E-state index in [2.05, 4.69) is 15.5 Å². The van der Waals surface area contributed by atoms with Crippen molar-refractivity contribution >= 4 is 29.2 Å². The van der Waals surface area contributed by atoms with E-state index in [1.807, 2.05) is 42.5 Å². The molecule has 90 valence electrons. The molecule has 0 radical (unpaired) electrons. The van der Waals surface area contributed by atoms with Crippen LogP contribution in [0.1, 0.15) is 11.1 Å². The van der Waals surface area contributed by atoms with E-state index in [4.69, 9.17) is 18.0 Å². The maximum Gasteiger partial charge on any atom is 0.146 e. The first-order chi connectivity index (χ1) is 8.75. The standard InChI is InChI=1S/C13H12N4S/c14-13(18)11-6-4-10(5-7-11)9-16-17-12-3-1-2-8-15-12/h1-9H,(H2,14,18)(H,15,17). The molecule has 1 heterocycles. The second-order valence-electron chi connectivity index (χ2n) is 3.57. The molecule has 18 heavy (non-hydrogen) atoms. The SMILES string of the molecule is NC(=S)c1ccc(C=NNc2ccccn2)cc1. The number of nitrogens with one attached hydrogen (secondary N) is 1. The highest BCUT2D eigenvalue weighted by Crippen LogP contribution is 2.03. The Labute approximate surface area is 111 Å². The Bertz CT molecular complexity index is 549. The molecule has 0 aliphatic heterocycles. The lowest BCUT2D eigenvalue weighted by Gasteiger charge is -1.99. The van der Waals surface area contributed by atoms with E-state index in [9.17, 15) is 0 Å². The summed E-state index contributed by atoms with van der Waals surface area (Å²) in [5, 5.41) is 4.08. The lowest BCUT2D eigenvalue weighted by Crippen LogP contribution is -2.08. The van der Waals surface area contributed by atoms with Gasteiger partial charge in [0.2, 0.25) is 0 Å². The minimum atomic E-state index is 0.394. The molecule has 0 spiro atoms. The summed E-state index contributed by atoms with van der Waals surface area (Å²) < 4.78 is 0. The fourth-order valence-electron chi connectivity index (χ4n) is 1.34. The molecule has 1 aromatic heterocycles. The number of hydrogen-bond donors (Lipinski definition) is 2. The van der Waals surface area contributed by atoms with Gasteiger partial charge in [0.1, 0.15) is 10.8 Å². The molecule has 2 rings (SSSR count). The van der Waals surface area contributed by atoms with Crippen LogP contribution in [0.4, 0.5) is 5.82 Å². The van der Waals surface area contributed by atoms with Crippen molar-refractivity contribution in [2.75, 3.05) is 5.43 Å². The number of hydrazone groups is 1. The van der Waals surface area contributed by atoms with Crippen LogP contribution in [0.15, 0.2) is 53.8 Å². The maximum absolute atomic E-state index is 5.52. The molecule has 0 amide bonds. The van der Waals surface area contributed by atoms with Gasteiger partial charge in [0, 0.05) is 11.8 Å². The molecule has 1 aromatic carbocycles. The molecule has 2 aromatic rings. The molecule has 0 aliphatic rings. The number of thiocarbonyl (C=S) groups is 1. The van der Waals surface area contributed by atoms with Crippen molar-refractivity contribution < 1.29 is 0 Å². The van der Waals surface area contributed by atoms with E-state index in [0.29, 0.717) is 10.8 Å². The third kappa shape index (κ3) is 3.36. The molecule has 3 N–H and O–H groups in total. The number of aromatic nitrogens is 1. The lowest BCUT2D eigenvalue weighted by atomic mass is 10.1. The number of rotatable bonds is 4. The summed E-state index contributed by atoms with van der Waals surface area (Å²) in [7, 11) is 0. The Kier molecular flexibility index (Phi) is 3.98. The Morgan fingerprint density at radius 1 is 1.22 bits per heavy atom. The van der Waals surface area contributed by atoms with Crippen molar-refractivity contribution in [1.82, 2.24) is 4.98 Å². The van der Waals surface area contributed by atoms with Crippen LogP contribution >= 0.6 is 12.2 Å². The second-order valence-corrected chi connectivity index (χ2v) is 4.01. The van der Waals surface area contributed by atoms with Gasteiger partial charge in [-0.05, 0) is 17.7 Å². The predicted molar refractivity (Wildman–Crippen MR) is 77.8 cm³/mol. The summed E-state index contributed by atoms with van der Waals surface area (Å²) >= 11 is 4.88. The number of nitrogens with two attached hydrogens (primary N) is 1. The van der Waals surface area contributed by atoms with Gasteiger partial charge in [-0.1, -0.05) is 42.5 Å². The topological polar surface area (TPSA) is 63.3 Å². The molecule has 0 aliphatic carbocycles. The third-order valence-electron chi connectivity index (χ3n) is 2.25. The van der Waals surface area contributed by atoms with Crippen LogP contribution in [0.3, 0.4) is 0 Å². The average molecular weight is 256 g/mol. The molecule has 4 nitrogen and oxygen atoms in total. The van der Waals surface area contributed by atoms with Gasteiger partial charge >= 0.3 is 0 Å². The largest absolute Gasteiger partial charge is 0.389 e. The predicted octanol–water partition coefficient (Wildman–Crippen LogP) is 2.16. The second kappa shape index (κ2) is 5.88. The van der Waals surface area contributed by atoms with Crippen LogP contribution in [0.2, 0.25) is 0 Å². The number of anilines is 1. The molecule has 5 heteroatoms. The van der Waals surface area contributed by atoms with Crippen molar-refractivity contribution in [3.63, 3.8) is 0 Å². The van der Waals surface area contributed by atoms with Crippen LogP contribution < -0.4 is 11.2 Å². The number of nitrogens with zero attached hydrogens (tertiary/aromatic N) is 2. The van der Waals surface area contributed by atoms with Gasteiger partial charge in [0.05, 0.1) is 6.21 Å². The number of pyridine rings is 1. The van der Waals surface area contributed by atoms with Crippen molar-refractivity contribution in [2.24, 2.45) is 10.8 Å². The zero-order chi connectivity index (χ0) is 12.8. The molecule has 0 atom stereocenters. The molecule has 0 unspecified atom stereocenters. The normalized spacial score (nSPS) is 10.4. The maximum atomic E-state index is 5.52. The van der Waals surface area contributed by atoms with E-state index in [1.54, 1.807) is 12.4 Å². The first kappa shape index (κ1) is 12.2. The molecular formula is C13H12N4S. The highest BCUT2D eigenvalue weighted by Gasteiger charge is 1.94. The van der Waals surface area contributed by atoms with Gasteiger partial charge in [-0.2, -0.15) is 5.10 Å². The first-order valence-corrected chi connectivity index (χ1v) is 5.76. The third-order valence-corrected chi connectivity index (χ3v) is 2.49. The van der Waals surface area contributed by atoms with Gasteiger partial charge in [0.15, 0.2) is 0 Å². The Hall–Kier alpha value is -2.27. The minimum absolute atomic E-state index is 0.394. The monoisotopic (exact) mass is 256 g/mol. The highest BCUT2D eigenvalue weighted by molar-refractivity contribution is 7.80. The van der Waals surface area contributed by atoms with E-state index in [0.717, 1.165) is 11.1 Å². The van der Waals surface area contributed by atoms with E-state index in [1.165, 1.54) is 0 Å². The minimum Gasteiger partial charge on any atom is -0.389 e. The van der Waals surface area contributed by atoms with Crippen LogP contribution in [0, 0.1) is 0 Å². The summed E-state index contributed by atoms with van der Waals surface area (Å²) in [6.07, 6.45) is 3.41. The summed E-state index contributed by atoms with van der Waals surface area (Å²) in [5.74, 6) is 0.702.